The molecule has 1 fully saturated rings. The van der Waals surface area contributed by atoms with Gasteiger partial charge in [0.15, 0.2) is 0 Å². The molecule has 19 heavy (non-hydrogen) atoms. The number of nitrogens with one attached hydrogen (secondary N) is 1. The first-order valence-electron chi connectivity index (χ1n) is 6.15. The molecule has 1 N–H and O–H groups in total. The third-order valence-electron chi connectivity index (χ3n) is 3.06. The van der Waals surface area contributed by atoms with Crippen molar-refractivity contribution in [1.29, 1.82) is 0 Å². The van der Waals surface area contributed by atoms with E-state index in [9.17, 15) is 13.2 Å². The molecule has 0 bridgehead atoms. The van der Waals surface area contributed by atoms with Crippen LogP contribution in [0.5, 0.6) is 0 Å². The largest absolute Gasteiger partial charge is 0.417 e. The average Bonchev–Trinajstić information content (AvgIpc) is 2.83. The molecule has 2 nitrogen and oxygen atoms in total. The highest BCUT2D eigenvalue weighted by Gasteiger charge is 2.33. The predicted octanol–water partition coefficient (Wildman–Crippen LogP) is 3.74. The first-order valence-corrected chi connectivity index (χ1v) is 6.94. The van der Waals surface area contributed by atoms with Crippen molar-refractivity contribution in [1.82, 2.24) is 5.32 Å². The van der Waals surface area contributed by atoms with Gasteiger partial charge < -0.3 is 10.1 Å². The van der Waals surface area contributed by atoms with E-state index in [-0.39, 0.29) is 10.6 Å². The molecule has 106 valence electrons. The Hall–Kier alpha value is -0.590. The van der Waals surface area contributed by atoms with E-state index in [1.807, 2.05) is 0 Å². The van der Waals surface area contributed by atoms with Crippen molar-refractivity contribution in [3.63, 3.8) is 0 Å². The maximum absolute atomic E-state index is 12.7. The van der Waals surface area contributed by atoms with Gasteiger partial charge in [-0.15, -0.1) is 0 Å². The Morgan fingerprint density at radius 1 is 1.37 bits per heavy atom. The summed E-state index contributed by atoms with van der Waals surface area (Å²) in [6, 6.07) is 4.29. The summed E-state index contributed by atoms with van der Waals surface area (Å²) in [5, 5.41) is 3.13. The lowest BCUT2D eigenvalue weighted by atomic mass is 10.1. The summed E-state index contributed by atoms with van der Waals surface area (Å²) in [5.74, 6) is 0. The van der Waals surface area contributed by atoms with E-state index in [0.29, 0.717) is 18.7 Å². The van der Waals surface area contributed by atoms with Gasteiger partial charge >= 0.3 is 6.18 Å². The summed E-state index contributed by atoms with van der Waals surface area (Å²) in [7, 11) is 0. The molecule has 0 aromatic heterocycles. The molecule has 1 heterocycles. The first-order chi connectivity index (χ1) is 8.97. The third-order valence-corrected chi connectivity index (χ3v) is 3.75. The molecular weight excluding hydrogens is 323 g/mol. The summed E-state index contributed by atoms with van der Waals surface area (Å²) in [6.45, 7) is 1.87. The van der Waals surface area contributed by atoms with E-state index in [1.165, 1.54) is 12.1 Å². The van der Waals surface area contributed by atoms with Gasteiger partial charge in [0.2, 0.25) is 0 Å². The summed E-state index contributed by atoms with van der Waals surface area (Å²) >= 11 is 2.93. The lowest BCUT2D eigenvalue weighted by molar-refractivity contribution is -0.138. The molecule has 0 radical (unpaired) electrons. The van der Waals surface area contributed by atoms with Crippen LogP contribution in [0.15, 0.2) is 22.7 Å². The van der Waals surface area contributed by atoms with E-state index in [0.717, 1.165) is 19.4 Å². The van der Waals surface area contributed by atoms with Gasteiger partial charge in [0, 0.05) is 24.2 Å². The third kappa shape index (κ3) is 4.19. The van der Waals surface area contributed by atoms with Gasteiger partial charge in [-0.2, -0.15) is 13.2 Å². The quantitative estimate of drug-likeness (QED) is 0.903. The molecule has 1 saturated heterocycles. The van der Waals surface area contributed by atoms with Crippen molar-refractivity contribution in [3.8, 4) is 0 Å². The number of hydrogen-bond donors (Lipinski definition) is 1. The minimum atomic E-state index is -4.33. The lowest BCUT2D eigenvalue weighted by Crippen LogP contribution is -2.25. The molecule has 6 heteroatoms. The van der Waals surface area contributed by atoms with Crippen LogP contribution < -0.4 is 5.32 Å². The minimum Gasteiger partial charge on any atom is -0.377 e. The molecule has 0 saturated carbocycles. The van der Waals surface area contributed by atoms with E-state index >= 15 is 0 Å². The van der Waals surface area contributed by atoms with Crippen LogP contribution in [0.2, 0.25) is 0 Å². The first kappa shape index (κ1) is 14.8. The molecule has 2 rings (SSSR count). The Kier molecular flexibility index (Phi) is 4.86. The lowest BCUT2D eigenvalue weighted by Gasteiger charge is -2.13. The summed E-state index contributed by atoms with van der Waals surface area (Å²) in [5.41, 5.74) is -0.0163. The van der Waals surface area contributed by atoms with Crippen LogP contribution in [-0.2, 0) is 17.5 Å². The second kappa shape index (κ2) is 6.24. The number of ether oxygens (including phenoxy) is 1. The SMILES string of the molecule is FC(F)(F)c1cc(CNCC2CCCO2)ccc1Br. The molecule has 0 aliphatic carbocycles. The smallest absolute Gasteiger partial charge is 0.377 e. The summed E-state index contributed by atoms with van der Waals surface area (Å²) in [4.78, 5) is 0. The monoisotopic (exact) mass is 337 g/mol. The Morgan fingerprint density at radius 3 is 2.79 bits per heavy atom. The topological polar surface area (TPSA) is 21.3 Å². The van der Waals surface area contributed by atoms with E-state index in [2.05, 4.69) is 21.2 Å². The van der Waals surface area contributed by atoms with Crippen LogP contribution >= 0.6 is 15.9 Å². The van der Waals surface area contributed by atoms with Gasteiger partial charge in [0.05, 0.1) is 11.7 Å². The van der Waals surface area contributed by atoms with Crippen LogP contribution in [0.25, 0.3) is 0 Å². The van der Waals surface area contributed by atoms with E-state index in [1.54, 1.807) is 6.07 Å². The summed E-state index contributed by atoms with van der Waals surface area (Å²) in [6.07, 6.45) is -2.06. The number of halogens is 4. The highest BCUT2D eigenvalue weighted by Crippen LogP contribution is 2.35. The minimum absolute atomic E-state index is 0.0721. The van der Waals surface area contributed by atoms with Crippen molar-refractivity contribution >= 4 is 15.9 Å². The summed E-state index contributed by atoms with van der Waals surface area (Å²) < 4.78 is 43.7. The van der Waals surface area contributed by atoms with Gasteiger partial charge in [0.25, 0.3) is 0 Å². The Morgan fingerprint density at radius 2 is 2.16 bits per heavy atom. The van der Waals surface area contributed by atoms with Crippen molar-refractivity contribution in [3.05, 3.63) is 33.8 Å². The van der Waals surface area contributed by atoms with Gasteiger partial charge in [-0.1, -0.05) is 22.0 Å². The van der Waals surface area contributed by atoms with E-state index < -0.39 is 11.7 Å². The van der Waals surface area contributed by atoms with Gasteiger partial charge in [0.1, 0.15) is 0 Å². The molecule has 0 amide bonds. The zero-order chi connectivity index (χ0) is 13.9. The van der Waals surface area contributed by atoms with Gasteiger partial charge in [-0.05, 0) is 30.5 Å². The molecule has 1 aromatic carbocycles. The van der Waals surface area contributed by atoms with E-state index in [4.69, 9.17) is 4.74 Å². The van der Waals surface area contributed by atoms with Crippen LogP contribution in [0.1, 0.15) is 24.0 Å². The van der Waals surface area contributed by atoms with Crippen molar-refractivity contribution in [2.24, 2.45) is 0 Å². The van der Waals surface area contributed by atoms with Crippen molar-refractivity contribution < 1.29 is 17.9 Å². The van der Waals surface area contributed by atoms with Crippen LogP contribution in [0, 0.1) is 0 Å². The van der Waals surface area contributed by atoms with Crippen molar-refractivity contribution in [2.45, 2.75) is 31.7 Å². The molecule has 0 spiro atoms. The molecule has 1 aliphatic heterocycles. The fraction of sp³-hybridized carbons (Fsp3) is 0.538. The maximum Gasteiger partial charge on any atom is 0.417 e. The van der Waals surface area contributed by atoms with Crippen LogP contribution in [0.3, 0.4) is 0 Å². The van der Waals surface area contributed by atoms with Gasteiger partial charge in [-0.3, -0.25) is 0 Å². The Bertz CT molecular complexity index is 430. The van der Waals surface area contributed by atoms with Crippen molar-refractivity contribution in [2.75, 3.05) is 13.2 Å². The fourth-order valence-electron chi connectivity index (χ4n) is 2.08. The molecular formula is C13H15BrF3NO. The Labute approximate surface area is 118 Å². The molecule has 1 aliphatic rings. The molecule has 1 atom stereocenters. The second-order valence-electron chi connectivity index (χ2n) is 4.58. The van der Waals surface area contributed by atoms with Gasteiger partial charge in [-0.25, -0.2) is 0 Å². The highest BCUT2D eigenvalue weighted by atomic mass is 79.9. The van der Waals surface area contributed by atoms with Crippen LogP contribution in [-0.4, -0.2) is 19.3 Å². The number of hydrogen-bond acceptors (Lipinski definition) is 2. The normalized spacial score (nSPS) is 19.9. The zero-order valence-corrected chi connectivity index (χ0v) is 11.9. The Balaban J connectivity index is 1.93. The predicted molar refractivity (Wildman–Crippen MR) is 69.8 cm³/mol. The van der Waals surface area contributed by atoms with Crippen LogP contribution in [0.4, 0.5) is 13.2 Å². The molecule has 1 unspecified atom stereocenters. The fourth-order valence-corrected chi connectivity index (χ4v) is 2.55. The number of rotatable bonds is 4. The number of alkyl halides is 3. The molecule has 1 aromatic rings. The maximum atomic E-state index is 12.7. The standard InChI is InChI=1S/C13H15BrF3NO/c14-12-4-3-9(6-11(12)13(15,16)17)7-18-8-10-2-1-5-19-10/h3-4,6,10,18H,1-2,5,7-8H2. The highest BCUT2D eigenvalue weighted by molar-refractivity contribution is 9.10. The number of benzene rings is 1. The zero-order valence-electron chi connectivity index (χ0n) is 10.3. The average molecular weight is 338 g/mol. The second-order valence-corrected chi connectivity index (χ2v) is 5.43.